The average molecular weight is 267 g/mol. The van der Waals surface area contributed by atoms with E-state index in [1.165, 1.54) is 12.1 Å². The van der Waals surface area contributed by atoms with Gasteiger partial charge in [0, 0.05) is 26.1 Å². The van der Waals surface area contributed by atoms with E-state index in [0.29, 0.717) is 19.4 Å². The molecule has 1 N–H and O–H groups in total. The molecule has 0 aliphatic carbocycles. The maximum atomic E-state index is 13.0. The summed E-state index contributed by atoms with van der Waals surface area (Å²) in [6.45, 7) is 0.480. The lowest BCUT2D eigenvalue weighted by Crippen LogP contribution is -2.43. The average Bonchev–Trinajstić information content (AvgIpc) is 2.36. The van der Waals surface area contributed by atoms with Gasteiger partial charge >= 0.3 is 0 Å². The van der Waals surface area contributed by atoms with Gasteiger partial charge in [0.1, 0.15) is 11.5 Å². The second-order valence-electron chi connectivity index (χ2n) is 4.57. The van der Waals surface area contributed by atoms with Gasteiger partial charge in [0.05, 0.1) is 11.0 Å². The number of carbonyl (C=O) groups is 1. The third kappa shape index (κ3) is 2.98. The van der Waals surface area contributed by atoms with E-state index < -0.39 is 10.7 Å². The van der Waals surface area contributed by atoms with Crippen molar-refractivity contribution in [2.75, 3.05) is 18.9 Å². The fraction of sp³-hybridized carbons (Fsp3) is 0.417. The van der Waals surface area contributed by atoms with Gasteiger partial charge in [-0.25, -0.2) is 4.39 Å². The van der Waals surface area contributed by atoms with Gasteiger partial charge in [0.25, 0.3) is 5.69 Å². The highest BCUT2D eigenvalue weighted by atomic mass is 19.1. The topological polar surface area (TPSA) is 75.5 Å². The van der Waals surface area contributed by atoms with Gasteiger partial charge in [-0.3, -0.25) is 14.9 Å². The zero-order chi connectivity index (χ0) is 14.0. The molecule has 0 bridgehead atoms. The largest absolute Gasteiger partial charge is 0.375 e. The first-order chi connectivity index (χ1) is 8.97. The van der Waals surface area contributed by atoms with E-state index in [9.17, 15) is 19.3 Å². The Balaban J connectivity index is 2.15. The van der Waals surface area contributed by atoms with Crippen LogP contribution in [-0.4, -0.2) is 35.4 Å². The number of halogens is 1. The summed E-state index contributed by atoms with van der Waals surface area (Å²) in [5.74, 6) is -0.583. The minimum Gasteiger partial charge on any atom is -0.375 e. The normalized spacial score (nSPS) is 19.4. The van der Waals surface area contributed by atoms with E-state index in [2.05, 4.69) is 5.32 Å². The number of nitrogens with one attached hydrogen (secondary N) is 1. The molecule has 1 heterocycles. The first-order valence-electron chi connectivity index (χ1n) is 5.92. The van der Waals surface area contributed by atoms with Gasteiger partial charge in [-0.05, 0) is 18.6 Å². The van der Waals surface area contributed by atoms with Crippen molar-refractivity contribution in [2.24, 2.45) is 0 Å². The van der Waals surface area contributed by atoms with Crippen molar-refractivity contribution in [1.29, 1.82) is 0 Å². The van der Waals surface area contributed by atoms with Crippen LogP contribution in [-0.2, 0) is 4.79 Å². The molecule has 0 radical (unpaired) electrons. The number of nitro groups is 1. The molecule has 2 rings (SSSR count). The van der Waals surface area contributed by atoms with Crippen LogP contribution in [0, 0.1) is 15.9 Å². The van der Waals surface area contributed by atoms with Crippen molar-refractivity contribution < 1.29 is 14.1 Å². The van der Waals surface area contributed by atoms with Crippen LogP contribution in [0.3, 0.4) is 0 Å². The lowest BCUT2D eigenvalue weighted by Gasteiger charge is -2.30. The molecule has 1 fully saturated rings. The number of amides is 1. The second-order valence-corrected chi connectivity index (χ2v) is 4.57. The molecule has 0 saturated carbocycles. The van der Waals surface area contributed by atoms with Crippen LogP contribution in [0.1, 0.15) is 12.8 Å². The number of anilines is 1. The molecule has 0 spiro atoms. The molecular weight excluding hydrogens is 253 g/mol. The first-order valence-corrected chi connectivity index (χ1v) is 5.92. The molecule has 1 aromatic rings. The Morgan fingerprint density at radius 2 is 2.26 bits per heavy atom. The SMILES string of the molecule is CN1CC(Nc2ccc(F)cc2[N+](=O)[O-])CCC1=O. The molecule has 1 saturated heterocycles. The zero-order valence-electron chi connectivity index (χ0n) is 10.4. The standard InChI is InChI=1S/C12H14FN3O3/c1-15-7-9(3-5-12(15)17)14-10-4-2-8(13)6-11(10)16(18)19/h2,4,6,9,14H,3,5,7H2,1H3. The summed E-state index contributed by atoms with van der Waals surface area (Å²) < 4.78 is 13.0. The molecule has 1 aliphatic heterocycles. The molecule has 0 aromatic heterocycles. The molecule has 6 nitrogen and oxygen atoms in total. The molecule has 7 heteroatoms. The number of likely N-dealkylation sites (tertiary alicyclic amines) is 1. The maximum absolute atomic E-state index is 13.0. The van der Waals surface area contributed by atoms with Gasteiger partial charge in [0.15, 0.2) is 0 Å². The van der Waals surface area contributed by atoms with Crippen LogP contribution in [0.15, 0.2) is 18.2 Å². The summed E-state index contributed by atoms with van der Waals surface area (Å²) in [5, 5.41) is 13.9. The van der Waals surface area contributed by atoms with Gasteiger partial charge in [0.2, 0.25) is 5.91 Å². The molecule has 1 unspecified atom stereocenters. The summed E-state index contributed by atoms with van der Waals surface area (Å²) in [5.41, 5.74) is -0.0151. The number of nitro benzene ring substituents is 1. The van der Waals surface area contributed by atoms with Crippen molar-refractivity contribution >= 4 is 17.3 Å². The van der Waals surface area contributed by atoms with E-state index in [0.717, 1.165) is 6.07 Å². The maximum Gasteiger partial charge on any atom is 0.295 e. The van der Waals surface area contributed by atoms with Crippen molar-refractivity contribution in [2.45, 2.75) is 18.9 Å². The van der Waals surface area contributed by atoms with Gasteiger partial charge in [-0.1, -0.05) is 0 Å². The lowest BCUT2D eigenvalue weighted by atomic mass is 10.1. The zero-order valence-corrected chi connectivity index (χ0v) is 10.4. The van der Waals surface area contributed by atoms with Crippen molar-refractivity contribution in [3.63, 3.8) is 0 Å². The van der Waals surface area contributed by atoms with Gasteiger partial charge in [-0.15, -0.1) is 0 Å². The summed E-state index contributed by atoms with van der Waals surface area (Å²) in [6, 6.07) is 3.35. The predicted molar refractivity (Wildman–Crippen MR) is 67.3 cm³/mol. The number of likely N-dealkylation sites (N-methyl/N-ethyl adjacent to an activating group) is 1. The summed E-state index contributed by atoms with van der Waals surface area (Å²) in [7, 11) is 1.69. The fourth-order valence-corrected chi connectivity index (χ4v) is 2.13. The van der Waals surface area contributed by atoms with Crippen LogP contribution < -0.4 is 5.32 Å². The molecule has 1 aliphatic rings. The minimum absolute atomic E-state index is 0.0617. The Morgan fingerprint density at radius 1 is 1.53 bits per heavy atom. The van der Waals surface area contributed by atoms with Crippen LogP contribution in [0.4, 0.5) is 15.8 Å². The monoisotopic (exact) mass is 267 g/mol. The number of piperidine rings is 1. The van der Waals surface area contributed by atoms with Crippen molar-refractivity contribution in [1.82, 2.24) is 4.90 Å². The number of carbonyl (C=O) groups excluding carboxylic acids is 1. The quantitative estimate of drug-likeness (QED) is 0.669. The van der Waals surface area contributed by atoms with E-state index in [-0.39, 0.29) is 23.3 Å². The van der Waals surface area contributed by atoms with E-state index >= 15 is 0 Å². The smallest absolute Gasteiger partial charge is 0.295 e. The van der Waals surface area contributed by atoms with E-state index in [4.69, 9.17) is 0 Å². The predicted octanol–water partition coefficient (Wildman–Crippen LogP) is 1.77. The summed E-state index contributed by atoms with van der Waals surface area (Å²) >= 11 is 0. The highest BCUT2D eigenvalue weighted by Crippen LogP contribution is 2.27. The number of nitrogens with zero attached hydrogens (tertiary/aromatic N) is 2. The van der Waals surface area contributed by atoms with Crippen LogP contribution in [0.2, 0.25) is 0 Å². The Hall–Kier alpha value is -2.18. The second kappa shape index (κ2) is 5.21. The summed E-state index contributed by atoms with van der Waals surface area (Å²) in [4.78, 5) is 23.2. The molecule has 1 amide bonds. The highest BCUT2D eigenvalue weighted by molar-refractivity contribution is 5.77. The molecule has 1 aromatic carbocycles. The molecule has 1 atom stereocenters. The van der Waals surface area contributed by atoms with Crippen LogP contribution in [0.25, 0.3) is 0 Å². The molecule has 102 valence electrons. The third-order valence-corrected chi connectivity index (χ3v) is 3.14. The number of rotatable bonds is 3. The highest BCUT2D eigenvalue weighted by Gasteiger charge is 2.25. The van der Waals surface area contributed by atoms with Crippen LogP contribution in [0.5, 0.6) is 0 Å². The molecule has 19 heavy (non-hydrogen) atoms. The summed E-state index contributed by atoms with van der Waals surface area (Å²) in [6.07, 6.45) is 1.01. The lowest BCUT2D eigenvalue weighted by molar-refractivity contribution is -0.384. The Labute approximate surface area is 109 Å². The first kappa shape index (κ1) is 13.3. The van der Waals surface area contributed by atoms with Gasteiger partial charge in [-0.2, -0.15) is 0 Å². The minimum atomic E-state index is -0.645. The Kier molecular flexibility index (Phi) is 3.64. The Morgan fingerprint density at radius 3 is 2.89 bits per heavy atom. The van der Waals surface area contributed by atoms with Crippen molar-refractivity contribution in [3.8, 4) is 0 Å². The van der Waals surface area contributed by atoms with E-state index in [1.54, 1.807) is 11.9 Å². The fourth-order valence-electron chi connectivity index (χ4n) is 2.13. The van der Waals surface area contributed by atoms with Crippen LogP contribution >= 0.6 is 0 Å². The Bertz CT molecular complexity index is 521. The number of benzene rings is 1. The number of hydrogen-bond acceptors (Lipinski definition) is 4. The van der Waals surface area contributed by atoms with E-state index in [1.807, 2.05) is 0 Å². The van der Waals surface area contributed by atoms with Crippen molar-refractivity contribution in [3.05, 3.63) is 34.1 Å². The molecular formula is C12H14FN3O3. The number of hydrogen-bond donors (Lipinski definition) is 1. The van der Waals surface area contributed by atoms with Gasteiger partial charge < -0.3 is 10.2 Å². The third-order valence-electron chi connectivity index (χ3n) is 3.14.